The second-order valence-electron chi connectivity index (χ2n) is 6.91. The molecule has 164 valence electrons. The highest BCUT2D eigenvalue weighted by atomic mass is 35.5. The third-order valence-corrected chi connectivity index (χ3v) is 5.33. The van der Waals surface area contributed by atoms with E-state index in [1.165, 1.54) is 18.1 Å². The van der Waals surface area contributed by atoms with E-state index in [4.69, 9.17) is 33.7 Å². The maximum atomic E-state index is 13.0. The van der Waals surface area contributed by atoms with E-state index in [9.17, 15) is 14.4 Å². The molecule has 3 rings (SSSR count). The van der Waals surface area contributed by atoms with Crippen LogP contribution >= 0.6 is 23.2 Å². The highest BCUT2D eigenvalue weighted by Gasteiger charge is 2.35. The number of ether oxygens (including phenoxy) is 1. The molecule has 2 aromatic carbocycles. The second-order valence-corrected chi connectivity index (χ2v) is 7.75. The first kappa shape index (κ1) is 23.0. The number of rotatable bonds is 6. The number of amides is 3. The van der Waals surface area contributed by atoms with Crippen molar-refractivity contribution in [2.75, 3.05) is 37.0 Å². The topological polar surface area (TPSA) is 114 Å². The molecule has 4 N–H and O–H groups in total. The van der Waals surface area contributed by atoms with Gasteiger partial charge in [0.25, 0.3) is 11.8 Å². The van der Waals surface area contributed by atoms with E-state index in [1.54, 1.807) is 30.3 Å². The molecule has 8 nitrogen and oxygen atoms in total. The Labute approximate surface area is 189 Å². The largest absolute Gasteiger partial charge is 0.375 e. The van der Waals surface area contributed by atoms with E-state index >= 15 is 0 Å². The summed E-state index contributed by atoms with van der Waals surface area (Å²) in [4.78, 5) is 39.6. The van der Waals surface area contributed by atoms with Crippen molar-refractivity contribution in [3.05, 3.63) is 57.6 Å². The normalized spacial score (nSPS) is 15.7. The van der Waals surface area contributed by atoms with Gasteiger partial charge < -0.3 is 26.0 Å². The van der Waals surface area contributed by atoms with Crippen molar-refractivity contribution in [1.82, 2.24) is 5.32 Å². The molecule has 1 atom stereocenters. The third-order valence-electron chi connectivity index (χ3n) is 4.77. The Kier molecular flexibility index (Phi) is 7.50. The monoisotopic (exact) mass is 464 g/mol. The van der Waals surface area contributed by atoms with Crippen LogP contribution in [0, 0.1) is 0 Å². The van der Waals surface area contributed by atoms with Gasteiger partial charge >= 0.3 is 0 Å². The summed E-state index contributed by atoms with van der Waals surface area (Å²) in [5.74, 6) is -1.03. The highest BCUT2D eigenvalue weighted by molar-refractivity contribution is 6.35. The van der Waals surface area contributed by atoms with Crippen LogP contribution in [0.5, 0.6) is 0 Å². The number of nitrogens with zero attached hydrogens (tertiary/aromatic N) is 1. The molecule has 0 saturated heterocycles. The molecule has 0 aromatic heterocycles. The van der Waals surface area contributed by atoms with Crippen LogP contribution in [0.15, 0.2) is 36.4 Å². The SMILES string of the molecule is COCC(=O)N1c2ccc(C(=O)NCCN)cc2NC(=O)CC1c1ccc(Cl)cc1Cl. The van der Waals surface area contributed by atoms with Crippen molar-refractivity contribution in [3.63, 3.8) is 0 Å². The summed E-state index contributed by atoms with van der Waals surface area (Å²) in [6.07, 6.45) is -0.0415. The molecule has 1 heterocycles. The first-order valence-corrected chi connectivity index (χ1v) is 10.3. The van der Waals surface area contributed by atoms with Crippen LogP contribution in [0.2, 0.25) is 10.0 Å². The Morgan fingerprint density at radius 3 is 2.71 bits per heavy atom. The van der Waals surface area contributed by atoms with Crippen LogP contribution in [-0.2, 0) is 14.3 Å². The van der Waals surface area contributed by atoms with E-state index in [0.717, 1.165) is 0 Å². The van der Waals surface area contributed by atoms with Crippen molar-refractivity contribution in [1.29, 1.82) is 0 Å². The Bertz CT molecular complexity index is 1010. The molecule has 2 aromatic rings. The molecule has 10 heteroatoms. The minimum atomic E-state index is -0.689. The molecule has 0 fully saturated rings. The summed E-state index contributed by atoms with van der Waals surface area (Å²) in [5.41, 5.74) is 7.10. The standard InChI is InChI=1S/C21H22Cl2N4O4/c1-31-11-20(29)27-17-5-2-12(21(30)25-7-6-24)8-16(17)26-19(28)10-18(27)14-4-3-13(22)9-15(14)23/h2-5,8-9,18H,6-7,10-11,24H2,1H3,(H,25,30)(H,26,28). The number of carbonyl (C=O) groups is 3. The zero-order valence-electron chi connectivity index (χ0n) is 16.8. The number of methoxy groups -OCH3 is 1. The predicted molar refractivity (Wildman–Crippen MR) is 120 cm³/mol. The van der Waals surface area contributed by atoms with Gasteiger partial charge in [0.1, 0.15) is 6.61 Å². The van der Waals surface area contributed by atoms with E-state index in [2.05, 4.69) is 10.6 Å². The summed E-state index contributed by atoms with van der Waals surface area (Å²) in [6.45, 7) is 0.419. The van der Waals surface area contributed by atoms with E-state index in [-0.39, 0.29) is 30.7 Å². The fourth-order valence-electron chi connectivity index (χ4n) is 3.43. The number of nitrogens with two attached hydrogens (primary N) is 1. The lowest BCUT2D eigenvalue weighted by Gasteiger charge is -2.31. The molecular weight excluding hydrogens is 443 g/mol. The van der Waals surface area contributed by atoms with Crippen LogP contribution in [0.3, 0.4) is 0 Å². The zero-order chi connectivity index (χ0) is 22.5. The minimum absolute atomic E-state index is 0.0415. The summed E-state index contributed by atoms with van der Waals surface area (Å²) in [7, 11) is 1.41. The second kappa shape index (κ2) is 10.1. The smallest absolute Gasteiger partial charge is 0.253 e. The maximum absolute atomic E-state index is 13.0. The minimum Gasteiger partial charge on any atom is -0.375 e. The van der Waals surface area contributed by atoms with Gasteiger partial charge in [-0.1, -0.05) is 29.3 Å². The summed E-state index contributed by atoms with van der Waals surface area (Å²) in [5, 5.41) is 6.24. The fourth-order valence-corrected chi connectivity index (χ4v) is 3.97. The summed E-state index contributed by atoms with van der Waals surface area (Å²) in [6, 6.07) is 8.93. The van der Waals surface area contributed by atoms with Gasteiger partial charge in [0.15, 0.2) is 0 Å². The molecule has 0 aliphatic carbocycles. The van der Waals surface area contributed by atoms with Crippen molar-refractivity contribution in [2.45, 2.75) is 12.5 Å². The number of fused-ring (bicyclic) bond motifs is 1. The van der Waals surface area contributed by atoms with Crippen molar-refractivity contribution in [3.8, 4) is 0 Å². The van der Waals surface area contributed by atoms with Crippen LogP contribution in [0.25, 0.3) is 0 Å². The lowest BCUT2D eigenvalue weighted by Crippen LogP contribution is -2.37. The molecule has 0 saturated carbocycles. The van der Waals surface area contributed by atoms with Crippen LogP contribution in [0.4, 0.5) is 11.4 Å². The maximum Gasteiger partial charge on any atom is 0.253 e. The van der Waals surface area contributed by atoms with Gasteiger partial charge in [-0.2, -0.15) is 0 Å². The van der Waals surface area contributed by atoms with Crippen molar-refractivity contribution >= 4 is 52.3 Å². The Hall–Kier alpha value is -2.65. The van der Waals surface area contributed by atoms with Gasteiger partial charge in [-0.3, -0.25) is 14.4 Å². The average Bonchev–Trinajstić information content (AvgIpc) is 2.87. The first-order chi connectivity index (χ1) is 14.8. The number of halogens is 2. The Balaban J connectivity index is 2.10. The number of nitrogens with one attached hydrogen (secondary N) is 2. The molecule has 1 aliphatic heterocycles. The fraction of sp³-hybridized carbons (Fsp3) is 0.286. The first-order valence-electron chi connectivity index (χ1n) is 9.53. The van der Waals surface area contributed by atoms with Gasteiger partial charge in [-0.15, -0.1) is 0 Å². The van der Waals surface area contributed by atoms with E-state index in [1.807, 2.05) is 0 Å². The quantitative estimate of drug-likeness (QED) is 0.607. The molecule has 3 amide bonds. The third kappa shape index (κ3) is 5.16. The molecule has 1 unspecified atom stereocenters. The molecule has 0 radical (unpaired) electrons. The van der Waals surface area contributed by atoms with Crippen molar-refractivity contribution in [2.24, 2.45) is 5.73 Å². The van der Waals surface area contributed by atoms with Crippen LogP contribution in [0.1, 0.15) is 28.4 Å². The van der Waals surface area contributed by atoms with Gasteiger partial charge in [-0.25, -0.2) is 0 Å². The number of hydrogen-bond donors (Lipinski definition) is 3. The molecular formula is C21H22Cl2N4O4. The lowest BCUT2D eigenvalue weighted by atomic mass is 10.0. The van der Waals surface area contributed by atoms with E-state index in [0.29, 0.717) is 45.6 Å². The average molecular weight is 465 g/mol. The van der Waals surface area contributed by atoms with Gasteiger partial charge in [0.2, 0.25) is 5.91 Å². The van der Waals surface area contributed by atoms with Crippen LogP contribution < -0.4 is 21.3 Å². The number of hydrogen-bond acceptors (Lipinski definition) is 5. The zero-order valence-corrected chi connectivity index (χ0v) is 18.3. The number of carbonyl (C=O) groups excluding carboxylic acids is 3. The molecule has 0 bridgehead atoms. The highest BCUT2D eigenvalue weighted by Crippen LogP contribution is 2.41. The van der Waals surface area contributed by atoms with Crippen molar-refractivity contribution < 1.29 is 19.1 Å². The van der Waals surface area contributed by atoms with Crippen LogP contribution in [-0.4, -0.2) is 44.5 Å². The predicted octanol–water partition coefficient (Wildman–Crippen LogP) is 2.74. The summed E-state index contributed by atoms with van der Waals surface area (Å²) < 4.78 is 5.05. The van der Waals surface area contributed by atoms with Gasteiger partial charge in [0, 0.05) is 35.8 Å². The number of anilines is 2. The Morgan fingerprint density at radius 1 is 1.26 bits per heavy atom. The van der Waals surface area contributed by atoms with Gasteiger partial charge in [-0.05, 0) is 35.9 Å². The number of benzene rings is 2. The molecule has 1 aliphatic rings. The molecule has 31 heavy (non-hydrogen) atoms. The summed E-state index contributed by atoms with van der Waals surface area (Å²) >= 11 is 12.4. The van der Waals surface area contributed by atoms with Gasteiger partial charge in [0.05, 0.1) is 23.8 Å². The Morgan fingerprint density at radius 2 is 2.03 bits per heavy atom. The molecule has 0 spiro atoms. The van der Waals surface area contributed by atoms with E-state index < -0.39 is 6.04 Å². The lowest BCUT2D eigenvalue weighted by molar-refractivity contribution is -0.122.